The van der Waals surface area contributed by atoms with E-state index in [2.05, 4.69) is 5.32 Å². The first-order valence-electron chi connectivity index (χ1n) is 5.74. The van der Waals surface area contributed by atoms with Crippen LogP contribution in [0.2, 0.25) is 0 Å². The highest BCUT2D eigenvalue weighted by Gasteiger charge is 2.09. The minimum atomic E-state index is -0.0894. The van der Waals surface area contributed by atoms with Crippen LogP contribution < -0.4 is 10.1 Å². The summed E-state index contributed by atoms with van der Waals surface area (Å²) in [5.74, 6) is 0.693. The highest BCUT2D eigenvalue weighted by Crippen LogP contribution is 2.16. The Kier molecular flexibility index (Phi) is 3.67. The van der Waals surface area contributed by atoms with Crippen LogP contribution in [0.5, 0.6) is 5.75 Å². The maximum atomic E-state index is 11.9. The third kappa shape index (κ3) is 2.53. The molecule has 0 aliphatic rings. The number of hydrogen-bond donors (Lipinski definition) is 1. The molecule has 0 unspecified atom stereocenters. The van der Waals surface area contributed by atoms with E-state index in [4.69, 9.17) is 4.74 Å². The second kappa shape index (κ2) is 5.40. The number of carbonyl (C=O) groups is 1. The summed E-state index contributed by atoms with van der Waals surface area (Å²) in [6, 6.07) is 11.3. The van der Waals surface area contributed by atoms with Gasteiger partial charge in [0, 0.05) is 25.4 Å². The third-order valence-electron chi connectivity index (χ3n) is 2.81. The number of hydrogen-bond acceptors (Lipinski definition) is 2. The van der Waals surface area contributed by atoms with Gasteiger partial charge in [-0.2, -0.15) is 0 Å². The standard InChI is InChI=1S/C14H16N2O2/c1-16-9-5-7-12(16)14(17)15-10-11-6-3-4-8-13(11)18-2/h3-9H,10H2,1-2H3,(H,15,17). The van der Waals surface area contributed by atoms with E-state index in [1.54, 1.807) is 17.7 Å². The summed E-state index contributed by atoms with van der Waals surface area (Å²) in [5.41, 5.74) is 1.60. The molecule has 1 aromatic heterocycles. The fourth-order valence-electron chi connectivity index (χ4n) is 1.81. The van der Waals surface area contributed by atoms with Gasteiger partial charge in [-0.3, -0.25) is 4.79 Å². The molecule has 0 bridgehead atoms. The number of aryl methyl sites for hydroxylation is 1. The summed E-state index contributed by atoms with van der Waals surface area (Å²) in [6.07, 6.45) is 1.85. The van der Waals surface area contributed by atoms with Gasteiger partial charge in [0.25, 0.3) is 5.91 Å². The van der Waals surface area contributed by atoms with Crippen LogP contribution in [0.1, 0.15) is 16.1 Å². The van der Waals surface area contributed by atoms with Crippen molar-refractivity contribution < 1.29 is 9.53 Å². The maximum absolute atomic E-state index is 11.9. The fourth-order valence-corrected chi connectivity index (χ4v) is 1.81. The van der Waals surface area contributed by atoms with E-state index < -0.39 is 0 Å². The lowest BCUT2D eigenvalue weighted by Gasteiger charge is -2.09. The lowest BCUT2D eigenvalue weighted by molar-refractivity contribution is 0.0942. The van der Waals surface area contributed by atoms with Crippen LogP contribution in [0.4, 0.5) is 0 Å². The van der Waals surface area contributed by atoms with Gasteiger partial charge in [-0.25, -0.2) is 0 Å². The molecule has 0 saturated carbocycles. The van der Waals surface area contributed by atoms with Gasteiger partial charge in [0.2, 0.25) is 0 Å². The number of aromatic nitrogens is 1. The van der Waals surface area contributed by atoms with E-state index in [0.717, 1.165) is 11.3 Å². The van der Waals surface area contributed by atoms with E-state index in [0.29, 0.717) is 12.2 Å². The van der Waals surface area contributed by atoms with Crippen LogP contribution in [0, 0.1) is 0 Å². The van der Waals surface area contributed by atoms with Crippen LogP contribution in [0.3, 0.4) is 0 Å². The van der Waals surface area contributed by atoms with Crippen LogP contribution in [0.25, 0.3) is 0 Å². The van der Waals surface area contributed by atoms with Crippen LogP contribution in [-0.2, 0) is 13.6 Å². The van der Waals surface area contributed by atoms with Crippen LogP contribution >= 0.6 is 0 Å². The van der Waals surface area contributed by atoms with E-state index in [9.17, 15) is 4.79 Å². The molecule has 1 amide bonds. The predicted molar refractivity (Wildman–Crippen MR) is 69.6 cm³/mol. The van der Waals surface area contributed by atoms with Crippen molar-refractivity contribution in [3.05, 3.63) is 53.9 Å². The summed E-state index contributed by atoms with van der Waals surface area (Å²) in [4.78, 5) is 11.9. The van der Waals surface area contributed by atoms with Crippen molar-refractivity contribution in [2.45, 2.75) is 6.54 Å². The minimum absolute atomic E-state index is 0.0894. The number of methoxy groups -OCH3 is 1. The Labute approximate surface area is 106 Å². The van der Waals surface area contributed by atoms with Gasteiger partial charge in [-0.1, -0.05) is 18.2 Å². The monoisotopic (exact) mass is 244 g/mol. The first-order chi connectivity index (χ1) is 8.72. The molecule has 1 aromatic carbocycles. The topological polar surface area (TPSA) is 43.3 Å². The molecule has 2 aromatic rings. The van der Waals surface area contributed by atoms with Gasteiger partial charge in [0.15, 0.2) is 0 Å². The zero-order valence-electron chi connectivity index (χ0n) is 10.5. The summed E-state index contributed by atoms with van der Waals surface area (Å²) in [5, 5.41) is 2.88. The van der Waals surface area contributed by atoms with Crippen molar-refractivity contribution >= 4 is 5.91 Å². The van der Waals surface area contributed by atoms with Crippen molar-refractivity contribution in [3.63, 3.8) is 0 Å². The number of amides is 1. The lowest BCUT2D eigenvalue weighted by Crippen LogP contribution is -2.24. The zero-order chi connectivity index (χ0) is 13.0. The molecular weight excluding hydrogens is 228 g/mol. The van der Waals surface area contributed by atoms with Crippen molar-refractivity contribution in [1.82, 2.24) is 9.88 Å². The summed E-state index contributed by atoms with van der Waals surface area (Å²) in [6.45, 7) is 0.452. The number of rotatable bonds is 4. The Balaban J connectivity index is 2.04. The molecule has 1 heterocycles. The molecule has 94 valence electrons. The highest BCUT2D eigenvalue weighted by atomic mass is 16.5. The average Bonchev–Trinajstić information content (AvgIpc) is 2.82. The van der Waals surface area contributed by atoms with E-state index in [1.807, 2.05) is 43.6 Å². The van der Waals surface area contributed by atoms with Gasteiger partial charge in [-0.15, -0.1) is 0 Å². The third-order valence-corrected chi connectivity index (χ3v) is 2.81. The van der Waals surface area contributed by atoms with Gasteiger partial charge in [0.05, 0.1) is 7.11 Å². The molecule has 0 aliphatic heterocycles. The Bertz CT molecular complexity index is 546. The fraction of sp³-hybridized carbons (Fsp3) is 0.214. The van der Waals surface area contributed by atoms with Crippen molar-refractivity contribution in [3.8, 4) is 5.75 Å². The smallest absolute Gasteiger partial charge is 0.268 e. The Hall–Kier alpha value is -2.23. The van der Waals surface area contributed by atoms with E-state index in [-0.39, 0.29) is 5.91 Å². The first kappa shape index (κ1) is 12.2. The molecule has 18 heavy (non-hydrogen) atoms. The molecule has 0 saturated heterocycles. The number of carbonyl (C=O) groups excluding carboxylic acids is 1. The van der Waals surface area contributed by atoms with Crippen LogP contribution in [-0.4, -0.2) is 17.6 Å². The highest BCUT2D eigenvalue weighted by molar-refractivity contribution is 5.92. The minimum Gasteiger partial charge on any atom is -0.496 e. The second-order valence-corrected chi connectivity index (χ2v) is 4.00. The quantitative estimate of drug-likeness (QED) is 0.893. The number of nitrogens with zero attached hydrogens (tertiary/aromatic N) is 1. The van der Waals surface area contributed by atoms with Crippen molar-refractivity contribution in [1.29, 1.82) is 0 Å². The molecule has 2 rings (SSSR count). The van der Waals surface area contributed by atoms with Gasteiger partial charge in [-0.05, 0) is 18.2 Å². The van der Waals surface area contributed by atoms with Gasteiger partial charge >= 0.3 is 0 Å². The van der Waals surface area contributed by atoms with Crippen molar-refractivity contribution in [2.75, 3.05) is 7.11 Å². The number of benzene rings is 1. The lowest BCUT2D eigenvalue weighted by atomic mass is 10.2. The SMILES string of the molecule is COc1ccccc1CNC(=O)c1cccn1C. The van der Waals surface area contributed by atoms with Crippen LogP contribution in [0.15, 0.2) is 42.6 Å². The van der Waals surface area contributed by atoms with E-state index >= 15 is 0 Å². The molecule has 4 heteroatoms. The normalized spacial score (nSPS) is 10.1. The second-order valence-electron chi connectivity index (χ2n) is 4.00. The van der Waals surface area contributed by atoms with Gasteiger partial charge in [0.1, 0.15) is 11.4 Å². The molecule has 0 atom stereocenters. The predicted octanol–water partition coefficient (Wildman–Crippen LogP) is 1.96. The van der Waals surface area contributed by atoms with Gasteiger partial charge < -0.3 is 14.6 Å². The molecule has 0 aliphatic carbocycles. The summed E-state index contributed by atoms with van der Waals surface area (Å²) >= 11 is 0. The Morgan fingerprint density at radius 3 is 2.72 bits per heavy atom. The zero-order valence-corrected chi connectivity index (χ0v) is 10.5. The molecule has 1 N–H and O–H groups in total. The molecule has 0 fully saturated rings. The van der Waals surface area contributed by atoms with E-state index in [1.165, 1.54) is 0 Å². The molecule has 0 spiro atoms. The molecule has 4 nitrogen and oxygen atoms in total. The summed E-state index contributed by atoms with van der Waals surface area (Å²) < 4.78 is 7.02. The van der Waals surface area contributed by atoms with Crippen molar-refractivity contribution in [2.24, 2.45) is 7.05 Å². The number of nitrogens with one attached hydrogen (secondary N) is 1. The largest absolute Gasteiger partial charge is 0.496 e. The Morgan fingerprint density at radius 2 is 2.06 bits per heavy atom. The summed E-state index contributed by atoms with van der Waals surface area (Å²) in [7, 11) is 3.47. The number of ether oxygens (including phenoxy) is 1. The molecule has 0 radical (unpaired) electrons. The maximum Gasteiger partial charge on any atom is 0.268 e. The average molecular weight is 244 g/mol. The molecular formula is C14H16N2O2. The first-order valence-corrected chi connectivity index (χ1v) is 5.74. The number of para-hydroxylation sites is 1. The Morgan fingerprint density at radius 1 is 1.28 bits per heavy atom.